The summed E-state index contributed by atoms with van der Waals surface area (Å²) in [5.41, 5.74) is 15.4. The van der Waals surface area contributed by atoms with Crippen molar-refractivity contribution >= 4 is 74.5 Å². The predicted octanol–water partition coefficient (Wildman–Crippen LogP) is 12.0. The van der Waals surface area contributed by atoms with E-state index in [2.05, 4.69) is 170 Å². The number of carbonyl (C=O) groups excluding carboxylic acids is 4. The third-order valence-corrected chi connectivity index (χ3v) is 19.6. The quantitative estimate of drug-likeness (QED) is 0.0704. The number of rotatable bonds is 16. The van der Waals surface area contributed by atoms with Gasteiger partial charge in [-0.15, -0.1) is 0 Å². The highest BCUT2D eigenvalue weighted by molar-refractivity contribution is 6.41. The summed E-state index contributed by atoms with van der Waals surface area (Å²) in [5.74, 6) is -0.621. The molecule has 6 aromatic heterocycles. The van der Waals surface area contributed by atoms with Crippen LogP contribution in [0.4, 0.5) is 28.4 Å². The molecule has 0 aliphatic carbocycles. The van der Waals surface area contributed by atoms with E-state index in [-0.39, 0.29) is 53.9 Å². The van der Waals surface area contributed by atoms with E-state index in [1.54, 1.807) is 44.1 Å². The summed E-state index contributed by atoms with van der Waals surface area (Å²) in [5, 5.41) is 25.1. The van der Waals surface area contributed by atoms with Crippen molar-refractivity contribution in [3.05, 3.63) is 252 Å². The van der Waals surface area contributed by atoms with Gasteiger partial charge in [0.1, 0.15) is 5.71 Å². The second-order valence-electron chi connectivity index (χ2n) is 27.0. The molecule has 4 N–H and O–H groups in total. The second kappa shape index (κ2) is 34.3. The number of pyridine rings is 2. The van der Waals surface area contributed by atoms with E-state index < -0.39 is 0 Å². The molecule has 23 heteroatoms. The Balaban J connectivity index is 0.000000124. The van der Waals surface area contributed by atoms with Gasteiger partial charge < -0.3 is 55.1 Å². The molecule has 11 aromatic rings. The van der Waals surface area contributed by atoms with Crippen molar-refractivity contribution < 1.29 is 33.4 Å². The Kier molecular flexibility index (Phi) is 23.6. The van der Waals surface area contributed by atoms with Crippen LogP contribution in [0.15, 0.2) is 212 Å². The zero-order valence-corrected chi connectivity index (χ0v) is 60.3. The maximum absolute atomic E-state index is 12.5. The summed E-state index contributed by atoms with van der Waals surface area (Å²) >= 11 is 0. The molecule has 4 amide bonds. The van der Waals surface area contributed by atoms with Crippen molar-refractivity contribution in [3.8, 4) is 0 Å². The number of para-hydroxylation sites is 1. The zero-order chi connectivity index (χ0) is 72.6. The molecular weight excluding hydrogens is 1320 g/mol. The molecule has 5 aliphatic heterocycles. The van der Waals surface area contributed by atoms with Crippen LogP contribution in [0.2, 0.25) is 0 Å². The van der Waals surface area contributed by atoms with E-state index in [0.717, 1.165) is 130 Å². The number of hydrogen-bond acceptors (Lipinski definition) is 16. The fraction of sp³-hybridized carbons (Fsp3) is 0.329. The number of hydrogen-bond donors (Lipinski definition) is 4. The minimum Gasteiger partial charge on any atom is -0.378 e. The number of morpholine rings is 3. The third kappa shape index (κ3) is 18.6. The first-order valence-electron chi connectivity index (χ1n) is 36.5. The summed E-state index contributed by atoms with van der Waals surface area (Å²) in [6.07, 6.45) is 11.9. The van der Waals surface area contributed by atoms with Gasteiger partial charge in [0.2, 0.25) is 0 Å². The number of piperidine rings is 1. The molecule has 23 nitrogen and oxygen atoms in total. The molecule has 4 fully saturated rings. The van der Waals surface area contributed by atoms with Crippen LogP contribution in [0.5, 0.6) is 0 Å². The molecular formula is C82H92N16O7. The van der Waals surface area contributed by atoms with Crippen LogP contribution in [0, 0.1) is 0 Å². The standard InChI is InChI=1S/C21H24N4O2.C21H24N4O.C21H23N3O2.C19H21N5O2/c1-15-14-24(11-12-27-15)18-8-6-17(7-9-18)16(2)22-21(26)20-13-19-5-3-4-10-25(19)23-20;1-16(17-8-10-18(11-9-17)24-12-4-2-5-13-24)22-21(26)20-15-19-7-3-6-14-25(19)23-20;1-15(16-6-8-18(9-7-16)24-10-12-26-13-11-24)22-21(25)20-14-17-4-2-3-5-19(17)23-20;1-14(15-3-5-16(6-4-15)23-9-11-26-12-10-23)21-19(25)17-13-18-20-7-2-8-24(18)22-17/h3-10,13,15-16H,11-12,14H2,1-2H3,(H,22,26);3,6-11,14-16H,2,4-5,12-13H2,1H3,(H,22,26);2-9,15H,10-14H2,1H3,(H,22,25);2-8,13-14H,9-12H2,1H3,(H,21,25)/t15?,16-;16-;15-;14-/m1111/s1. The van der Waals surface area contributed by atoms with E-state index >= 15 is 0 Å². The SMILES string of the molecule is CC1CN(c2ccc([C@@H](C)NC(=O)c3cc4ccccn4n3)cc2)CCO1.C[C@@H](NC(=O)C1=Nc2ccccc2C1)c1ccc(N2CCOCC2)cc1.C[C@@H](NC(=O)c1cc2ccccn2n1)c1ccc(N2CCCCC2)cc1.C[C@@H](NC(=O)c1cc2ncccn2n1)c1ccc(N2CCOCC2)cc1. The number of amides is 4. The van der Waals surface area contributed by atoms with Gasteiger partial charge in [0, 0.05) is 112 Å². The summed E-state index contributed by atoms with van der Waals surface area (Å²) in [7, 11) is 0. The summed E-state index contributed by atoms with van der Waals surface area (Å²) in [6, 6.07) is 59.8. The van der Waals surface area contributed by atoms with Gasteiger partial charge in [-0.2, -0.15) is 15.3 Å². The number of benzene rings is 5. The largest absolute Gasteiger partial charge is 0.378 e. The topological polar surface area (TPSA) is 234 Å². The molecule has 5 atom stereocenters. The van der Waals surface area contributed by atoms with Gasteiger partial charge in [0.05, 0.1) is 80.0 Å². The van der Waals surface area contributed by atoms with Crippen molar-refractivity contribution in [2.75, 3.05) is 105 Å². The molecule has 542 valence electrons. The lowest BCUT2D eigenvalue weighted by Gasteiger charge is -2.33. The molecule has 5 aliphatic rings. The molecule has 0 bridgehead atoms. The number of anilines is 4. The minimum atomic E-state index is -0.208. The molecule has 5 aromatic carbocycles. The lowest BCUT2D eigenvalue weighted by molar-refractivity contribution is -0.115. The minimum absolute atomic E-state index is 0.0624. The molecule has 4 saturated heterocycles. The number of carbonyl (C=O) groups is 4. The number of aliphatic imine (C=N–C) groups is 1. The van der Waals surface area contributed by atoms with E-state index in [1.165, 1.54) is 42.0 Å². The molecule has 0 saturated carbocycles. The first-order valence-corrected chi connectivity index (χ1v) is 36.5. The predicted molar refractivity (Wildman–Crippen MR) is 410 cm³/mol. The van der Waals surface area contributed by atoms with Crippen molar-refractivity contribution in [2.45, 2.75) is 90.6 Å². The zero-order valence-electron chi connectivity index (χ0n) is 60.3. The third-order valence-electron chi connectivity index (χ3n) is 19.6. The van der Waals surface area contributed by atoms with Crippen LogP contribution in [-0.4, -0.2) is 155 Å². The fourth-order valence-corrected chi connectivity index (χ4v) is 13.5. The van der Waals surface area contributed by atoms with Gasteiger partial charge in [0.25, 0.3) is 23.6 Å². The Bertz CT molecular complexity index is 4500. The second-order valence-corrected chi connectivity index (χ2v) is 27.0. The van der Waals surface area contributed by atoms with Crippen LogP contribution in [0.1, 0.15) is 137 Å². The smallest absolute Gasteiger partial charge is 0.272 e. The normalized spacial score (nSPS) is 16.9. The molecule has 105 heavy (non-hydrogen) atoms. The van der Waals surface area contributed by atoms with Crippen LogP contribution >= 0.6 is 0 Å². The maximum Gasteiger partial charge on any atom is 0.272 e. The summed E-state index contributed by atoms with van der Waals surface area (Å²) in [6.45, 7) is 21.7. The van der Waals surface area contributed by atoms with Crippen molar-refractivity contribution in [1.82, 2.24) is 55.1 Å². The van der Waals surface area contributed by atoms with Gasteiger partial charge in [0.15, 0.2) is 22.7 Å². The van der Waals surface area contributed by atoms with Crippen LogP contribution in [0.25, 0.3) is 16.7 Å². The van der Waals surface area contributed by atoms with E-state index in [9.17, 15) is 19.2 Å². The monoisotopic (exact) mass is 1410 g/mol. The Morgan fingerprint density at radius 2 is 0.819 bits per heavy atom. The fourth-order valence-electron chi connectivity index (χ4n) is 13.5. The molecule has 0 radical (unpaired) electrons. The number of nitrogens with one attached hydrogen (secondary N) is 4. The van der Waals surface area contributed by atoms with Crippen LogP contribution < -0.4 is 40.9 Å². The summed E-state index contributed by atoms with van der Waals surface area (Å²) in [4.78, 5) is 68.1. The Morgan fingerprint density at radius 3 is 1.27 bits per heavy atom. The van der Waals surface area contributed by atoms with Crippen molar-refractivity contribution in [2.24, 2.45) is 4.99 Å². The molecule has 0 spiro atoms. The number of aromatic nitrogens is 7. The molecule has 11 heterocycles. The lowest BCUT2D eigenvalue weighted by Crippen LogP contribution is -2.41. The average molecular weight is 1410 g/mol. The van der Waals surface area contributed by atoms with E-state index in [0.29, 0.717) is 34.9 Å². The highest BCUT2D eigenvalue weighted by atomic mass is 16.5. The van der Waals surface area contributed by atoms with E-state index in [1.807, 2.05) is 107 Å². The van der Waals surface area contributed by atoms with E-state index in [4.69, 9.17) is 14.2 Å². The van der Waals surface area contributed by atoms with Crippen molar-refractivity contribution in [1.29, 1.82) is 0 Å². The maximum atomic E-state index is 12.5. The van der Waals surface area contributed by atoms with Gasteiger partial charge in [-0.25, -0.2) is 23.5 Å². The highest BCUT2D eigenvalue weighted by Gasteiger charge is 2.25. The van der Waals surface area contributed by atoms with Crippen LogP contribution in [-0.2, 0) is 25.4 Å². The highest BCUT2D eigenvalue weighted by Crippen LogP contribution is 2.29. The Hall–Kier alpha value is -11.3. The number of fused-ring (bicyclic) bond motifs is 4. The van der Waals surface area contributed by atoms with Gasteiger partial charge >= 0.3 is 0 Å². The number of nitrogens with zero attached hydrogens (tertiary/aromatic N) is 12. The first kappa shape index (κ1) is 72.1. The molecule has 1 unspecified atom stereocenters. The average Bonchev–Trinajstić information content (AvgIpc) is 1.68. The van der Waals surface area contributed by atoms with Gasteiger partial charge in [-0.3, -0.25) is 19.2 Å². The summed E-state index contributed by atoms with van der Waals surface area (Å²) < 4.78 is 21.4. The van der Waals surface area contributed by atoms with Crippen LogP contribution in [0.3, 0.4) is 0 Å². The lowest BCUT2D eigenvalue weighted by atomic mass is 10.1. The first-order chi connectivity index (χ1) is 51.2. The van der Waals surface area contributed by atoms with Gasteiger partial charge in [-0.1, -0.05) is 78.9 Å². The Morgan fingerprint density at radius 1 is 0.419 bits per heavy atom. The van der Waals surface area contributed by atoms with Gasteiger partial charge in [-0.05, 0) is 179 Å². The Labute approximate surface area is 612 Å². The van der Waals surface area contributed by atoms with Crippen molar-refractivity contribution in [3.63, 3.8) is 0 Å². The molecule has 16 rings (SSSR count). The number of ether oxygens (including phenoxy) is 3.